The van der Waals surface area contributed by atoms with Crippen molar-refractivity contribution in [2.45, 2.75) is 20.8 Å². The minimum absolute atomic E-state index is 0.298. The molecule has 0 aromatic heterocycles. The summed E-state index contributed by atoms with van der Waals surface area (Å²) in [7, 11) is -0.720. The fourth-order valence-corrected chi connectivity index (χ4v) is 5.52. The molecule has 0 aliphatic rings. The van der Waals surface area contributed by atoms with Crippen LogP contribution in [-0.2, 0) is 4.79 Å². The standard InChI is InChI=1S/C22H21O2P/c1-16-9-4-6-13-21(16)25(22-14-7-5-10-17(22)2)20-12-8-11-19(15-20)24-18(3)23/h4-15H,1-3H3. The van der Waals surface area contributed by atoms with E-state index in [2.05, 4.69) is 68.4 Å². The first kappa shape index (κ1) is 17.4. The number of hydrogen-bond acceptors (Lipinski definition) is 2. The predicted octanol–water partition coefficient (Wildman–Crippen LogP) is 3.99. The molecule has 2 nitrogen and oxygen atoms in total. The van der Waals surface area contributed by atoms with Crippen LogP contribution in [0.15, 0.2) is 72.8 Å². The van der Waals surface area contributed by atoms with Crippen molar-refractivity contribution < 1.29 is 9.53 Å². The average Bonchev–Trinajstić information content (AvgIpc) is 2.58. The molecule has 0 radical (unpaired) electrons. The maximum atomic E-state index is 11.3. The maximum absolute atomic E-state index is 11.3. The number of carbonyl (C=O) groups excluding carboxylic acids is 1. The fourth-order valence-electron chi connectivity index (χ4n) is 2.89. The first-order chi connectivity index (χ1) is 12.1. The molecule has 3 aromatic carbocycles. The highest BCUT2D eigenvalue weighted by Gasteiger charge is 2.20. The van der Waals surface area contributed by atoms with Crippen LogP contribution in [0.3, 0.4) is 0 Å². The average molecular weight is 348 g/mol. The minimum Gasteiger partial charge on any atom is -0.427 e. The van der Waals surface area contributed by atoms with Crippen LogP contribution in [0.4, 0.5) is 0 Å². The highest BCUT2D eigenvalue weighted by molar-refractivity contribution is 7.80. The molecule has 0 aliphatic heterocycles. The summed E-state index contributed by atoms with van der Waals surface area (Å²) in [4.78, 5) is 11.3. The highest BCUT2D eigenvalue weighted by Crippen LogP contribution is 2.36. The molecular formula is C22H21O2P. The number of benzene rings is 3. The van der Waals surface area contributed by atoms with E-state index in [1.807, 2.05) is 18.2 Å². The van der Waals surface area contributed by atoms with Gasteiger partial charge in [-0.05, 0) is 60.9 Å². The highest BCUT2D eigenvalue weighted by atomic mass is 31.1. The summed E-state index contributed by atoms with van der Waals surface area (Å²) < 4.78 is 5.31. The van der Waals surface area contributed by atoms with Gasteiger partial charge in [0.25, 0.3) is 0 Å². The van der Waals surface area contributed by atoms with Crippen molar-refractivity contribution in [1.29, 1.82) is 0 Å². The first-order valence-electron chi connectivity index (χ1n) is 8.26. The second kappa shape index (κ2) is 7.63. The largest absolute Gasteiger partial charge is 0.427 e. The Morgan fingerprint density at radius 2 is 1.36 bits per heavy atom. The third-order valence-electron chi connectivity index (χ3n) is 4.05. The van der Waals surface area contributed by atoms with Crippen LogP contribution >= 0.6 is 7.92 Å². The maximum Gasteiger partial charge on any atom is 0.308 e. The van der Waals surface area contributed by atoms with Crippen molar-refractivity contribution in [2.75, 3.05) is 0 Å². The molecule has 3 heteroatoms. The summed E-state index contributed by atoms with van der Waals surface area (Å²) in [5, 5.41) is 3.83. The quantitative estimate of drug-likeness (QED) is 0.405. The topological polar surface area (TPSA) is 26.3 Å². The zero-order chi connectivity index (χ0) is 17.8. The molecular weight excluding hydrogens is 327 g/mol. The molecule has 0 bridgehead atoms. The van der Waals surface area contributed by atoms with Gasteiger partial charge < -0.3 is 4.74 Å². The lowest BCUT2D eigenvalue weighted by Gasteiger charge is -2.23. The summed E-state index contributed by atoms with van der Waals surface area (Å²) >= 11 is 0. The molecule has 0 saturated carbocycles. The van der Waals surface area contributed by atoms with Crippen LogP contribution < -0.4 is 20.7 Å². The van der Waals surface area contributed by atoms with Crippen LogP contribution in [0.5, 0.6) is 5.75 Å². The Hall–Kier alpha value is -2.44. The Balaban J connectivity index is 2.17. The fraction of sp³-hybridized carbons (Fsp3) is 0.136. The van der Waals surface area contributed by atoms with Crippen molar-refractivity contribution >= 4 is 29.8 Å². The van der Waals surface area contributed by atoms with E-state index >= 15 is 0 Å². The van der Waals surface area contributed by atoms with E-state index in [4.69, 9.17) is 4.74 Å². The molecule has 3 aromatic rings. The van der Waals surface area contributed by atoms with Crippen LogP contribution in [0.25, 0.3) is 0 Å². The molecule has 3 rings (SSSR count). The summed E-state index contributed by atoms with van der Waals surface area (Å²) in [6, 6.07) is 24.9. The summed E-state index contributed by atoms with van der Waals surface area (Å²) in [6.45, 7) is 5.73. The van der Waals surface area contributed by atoms with Gasteiger partial charge in [-0.3, -0.25) is 4.79 Å². The summed E-state index contributed by atoms with van der Waals surface area (Å²) in [5.41, 5.74) is 2.55. The Morgan fingerprint density at radius 3 is 1.88 bits per heavy atom. The monoisotopic (exact) mass is 348 g/mol. The van der Waals surface area contributed by atoms with Gasteiger partial charge in [0.05, 0.1) is 0 Å². The second-order valence-corrected chi connectivity index (χ2v) is 8.15. The van der Waals surface area contributed by atoms with E-state index in [9.17, 15) is 4.79 Å². The van der Waals surface area contributed by atoms with Crippen molar-refractivity contribution in [3.63, 3.8) is 0 Å². The Bertz CT molecular complexity index is 856. The van der Waals surface area contributed by atoms with E-state index in [0.717, 1.165) is 0 Å². The van der Waals surface area contributed by atoms with Crippen LogP contribution in [-0.4, -0.2) is 5.97 Å². The SMILES string of the molecule is CC(=O)Oc1cccc(P(c2ccccc2C)c2ccccc2C)c1. The van der Waals surface area contributed by atoms with Crippen molar-refractivity contribution in [1.82, 2.24) is 0 Å². The molecule has 0 atom stereocenters. The normalized spacial score (nSPS) is 10.7. The van der Waals surface area contributed by atoms with Gasteiger partial charge in [0.1, 0.15) is 5.75 Å². The zero-order valence-corrected chi connectivity index (χ0v) is 15.6. The van der Waals surface area contributed by atoms with Gasteiger partial charge in [-0.1, -0.05) is 60.7 Å². The molecule has 0 heterocycles. The number of rotatable bonds is 4. The first-order valence-corrected chi connectivity index (χ1v) is 9.60. The molecule has 0 aliphatic carbocycles. The number of esters is 1. The van der Waals surface area contributed by atoms with Gasteiger partial charge in [0.2, 0.25) is 0 Å². The van der Waals surface area contributed by atoms with E-state index < -0.39 is 7.92 Å². The minimum atomic E-state index is -0.720. The predicted molar refractivity (Wildman–Crippen MR) is 106 cm³/mol. The van der Waals surface area contributed by atoms with Crippen molar-refractivity contribution in [2.24, 2.45) is 0 Å². The van der Waals surface area contributed by atoms with Crippen LogP contribution in [0, 0.1) is 13.8 Å². The molecule has 126 valence electrons. The van der Waals surface area contributed by atoms with Gasteiger partial charge in [-0.25, -0.2) is 0 Å². The summed E-state index contributed by atoms with van der Waals surface area (Å²) in [5.74, 6) is 0.299. The number of aryl methyl sites for hydroxylation is 2. The van der Waals surface area contributed by atoms with Crippen molar-refractivity contribution in [3.8, 4) is 5.75 Å². The lowest BCUT2D eigenvalue weighted by Crippen LogP contribution is -2.24. The van der Waals surface area contributed by atoms with Crippen LogP contribution in [0.2, 0.25) is 0 Å². The third-order valence-corrected chi connectivity index (χ3v) is 6.81. The van der Waals surface area contributed by atoms with Gasteiger partial charge in [0, 0.05) is 6.92 Å². The Morgan fingerprint density at radius 1 is 0.800 bits per heavy atom. The van der Waals surface area contributed by atoms with Crippen LogP contribution in [0.1, 0.15) is 18.1 Å². The molecule has 0 amide bonds. The molecule has 0 N–H and O–H groups in total. The van der Waals surface area contributed by atoms with Gasteiger partial charge in [-0.2, -0.15) is 0 Å². The smallest absolute Gasteiger partial charge is 0.308 e. The van der Waals surface area contributed by atoms with Gasteiger partial charge in [0.15, 0.2) is 0 Å². The van der Waals surface area contributed by atoms with E-state index in [-0.39, 0.29) is 5.97 Å². The Labute approximate surface area is 150 Å². The number of hydrogen-bond donors (Lipinski definition) is 0. The molecule has 25 heavy (non-hydrogen) atoms. The lowest BCUT2D eigenvalue weighted by atomic mass is 10.2. The van der Waals surface area contributed by atoms with Gasteiger partial charge in [-0.15, -0.1) is 0 Å². The molecule has 0 fully saturated rings. The number of carbonyl (C=O) groups is 1. The molecule has 0 saturated heterocycles. The van der Waals surface area contributed by atoms with E-state index in [0.29, 0.717) is 5.75 Å². The molecule has 0 unspecified atom stereocenters. The summed E-state index contributed by atoms with van der Waals surface area (Å²) in [6.07, 6.45) is 0. The lowest BCUT2D eigenvalue weighted by molar-refractivity contribution is -0.131. The van der Waals surface area contributed by atoms with Crippen molar-refractivity contribution in [3.05, 3.63) is 83.9 Å². The second-order valence-electron chi connectivity index (χ2n) is 6.00. The zero-order valence-electron chi connectivity index (χ0n) is 14.7. The van der Waals surface area contributed by atoms with Gasteiger partial charge >= 0.3 is 5.97 Å². The Kier molecular flexibility index (Phi) is 5.31. The van der Waals surface area contributed by atoms with E-state index in [1.165, 1.54) is 34.0 Å². The number of ether oxygens (including phenoxy) is 1. The third kappa shape index (κ3) is 3.97. The molecule has 0 spiro atoms. The van der Waals surface area contributed by atoms with E-state index in [1.54, 1.807) is 0 Å².